The van der Waals surface area contributed by atoms with E-state index in [1.54, 1.807) is 0 Å². The van der Waals surface area contributed by atoms with E-state index in [1.165, 1.54) is 0 Å². The number of rotatable bonds is 9. The first kappa shape index (κ1) is 17.6. The summed E-state index contributed by atoms with van der Waals surface area (Å²) in [5.41, 5.74) is 0. The molecule has 0 aromatic rings. The molecule has 8 nitrogen and oxygen atoms in total. The van der Waals surface area contributed by atoms with Gasteiger partial charge in [-0.15, -0.1) is 0 Å². The van der Waals surface area contributed by atoms with E-state index in [1.807, 2.05) is 6.92 Å². The van der Waals surface area contributed by atoms with Gasteiger partial charge < -0.3 is 24.9 Å². The van der Waals surface area contributed by atoms with Crippen LogP contribution < -0.4 is 5.32 Å². The van der Waals surface area contributed by atoms with Crippen LogP contribution in [0.4, 0.5) is 4.79 Å². The number of methoxy groups -OCH3 is 1. The number of carbonyl (C=O) groups is 3. The molecule has 2 N–H and O–H groups in total. The number of nitrogens with one attached hydrogen (secondary N) is 2. The number of hydrogen-bond acceptors (Lipinski definition) is 7. The van der Waals surface area contributed by atoms with E-state index in [9.17, 15) is 14.4 Å². The number of unbranched alkanes of at least 4 members (excludes halogenated alkanes) is 1. The van der Waals surface area contributed by atoms with Gasteiger partial charge in [-0.2, -0.15) is 0 Å². The number of allylic oxidation sites excluding steroid dienone is 1. The molecule has 1 amide bonds. The number of hydrogen-bond donors (Lipinski definition) is 2. The van der Waals surface area contributed by atoms with Crippen molar-refractivity contribution in [3.05, 3.63) is 11.8 Å². The van der Waals surface area contributed by atoms with Crippen molar-refractivity contribution < 1.29 is 28.6 Å². The van der Waals surface area contributed by atoms with Crippen LogP contribution in [0.25, 0.3) is 0 Å². The summed E-state index contributed by atoms with van der Waals surface area (Å²) < 4.78 is 13.4. The van der Waals surface area contributed by atoms with Gasteiger partial charge in [0.1, 0.15) is 0 Å². The minimum Gasteiger partial charge on any atom is -0.453 e. The zero-order chi connectivity index (χ0) is 15.4. The van der Waals surface area contributed by atoms with Crippen molar-refractivity contribution in [2.45, 2.75) is 19.8 Å². The Morgan fingerprint density at radius 3 is 2.50 bits per heavy atom. The van der Waals surface area contributed by atoms with Gasteiger partial charge in [0.2, 0.25) is 18.5 Å². The Bertz CT molecular complexity index is 391. The van der Waals surface area contributed by atoms with Gasteiger partial charge in [0.05, 0.1) is 13.3 Å². The second-order valence-corrected chi connectivity index (χ2v) is 3.52. The first-order valence-corrected chi connectivity index (χ1v) is 5.93. The van der Waals surface area contributed by atoms with Crippen LogP contribution in [-0.4, -0.2) is 44.5 Å². The van der Waals surface area contributed by atoms with Crippen molar-refractivity contribution in [1.82, 2.24) is 5.32 Å². The fraction of sp³-hybridized carbons (Fsp3) is 0.500. The molecule has 0 saturated carbocycles. The zero-order valence-corrected chi connectivity index (χ0v) is 11.4. The van der Waals surface area contributed by atoms with Gasteiger partial charge in [0.15, 0.2) is 5.76 Å². The third-order valence-electron chi connectivity index (χ3n) is 2.02. The van der Waals surface area contributed by atoms with Crippen molar-refractivity contribution in [3.8, 4) is 0 Å². The molecule has 0 unspecified atom stereocenters. The van der Waals surface area contributed by atoms with Crippen LogP contribution in [0, 0.1) is 5.41 Å². The molecule has 8 heteroatoms. The molecule has 0 saturated heterocycles. The quantitative estimate of drug-likeness (QED) is 0.161. The van der Waals surface area contributed by atoms with E-state index in [2.05, 4.69) is 14.8 Å². The van der Waals surface area contributed by atoms with Crippen LogP contribution in [0.5, 0.6) is 0 Å². The topological polar surface area (TPSA) is 115 Å². The van der Waals surface area contributed by atoms with Gasteiger partial charge in [0.25, 0.3) is 0 Å². The molecule has 0 fully saturated rings. The van der Waals surface area contributed by atoms with Crippen molar-refractivity contribution in [1.29, 1.82) is 5.41 Å². The molecule has 0 aromatic carbocycles. The standard InChI is InChI=1S/C12H18N2O6/c1-3-4-5-14-11(16)6-10(9(15)7-13)19-8-20-12(17)18-2/h6-7,13H,3-5,8H2,1-2H3,(H,14,16)/b10-6-,13-7?. The summed E-state index contributed by atoms with van der Waals surface area (Å²) in [6.07, 6.45) is 2.13. The molecule has 0 spiro atoms. The summed E-state index contributed by atoms with van der Waals surface area (Å²) >= 11 is 0. The predicted molar refractivity (Wildman–Crippen MR) is 69.2 cm³/mol. The second-order valence-electron chi connectivity index (χ2n) is 3.52. The third-order valence-corrected chi connectivity index (χ3v) is 2.02. The second kappa shape index (κ2) is 10.5. The summed E-state index contributed by atoms with van der Waals surface area (Å²) in [4.78, 5) is 33.5. The molecule has 0 aliphatic carbocycles. The molecule has 0 aliphatic heterocycles. The number of carbonyl (C=O) groups excluding carboxylic acids is 3. The summed E-state index contributed by atoms with van der Waals surface area (Å²) in [6, 6.07) is 0. The summed E-state index contributed by atoms with van der Waals surface area (Å²) in [5.74, 6) is -1.73. The van der Waals surface area contributed by atoms with Gasteiger partial charge in [0, 0.05) is 12.6 Å². The SMILES string of the molecule is CCCCNC(=O)/C=C(\OCOC(=O)OC)C(=O)C=N. The Kier molecular flexibility index (Phi) is 9.28. The summed E-state index contributed by atoms with van der Waals surface area (Å²) in [6.45, 7) is 1.84. The van der Waals surface area contributed by atoms with E-state index >= 15 is 0 Å². The lowest BCUT2D eigenvalue weighted by atomic mass is 10.3. The van der Waals surface area contributed by atoms with Gasteiger partial charge in [-0.05, 0) is 6.42 Å². The molecule has 0 aromatic heterocycles. The number of amides is 1. The van der Waals surface area contributed by atoms with Crippen molar-refractivity contribution >= 4 is 24.1 Å². The van der Waals surface area contributed by atoms with Crippen molar-refractivity contribution in [2.75, 3.05) is 20.4 Å². The summed E-state index contributed by atoms with van der Waals surface area (Å²) in [5, 5.41) is 9.40. The van der Waals surface area contributed by atoms with E-state index in [0.717, 1.165) is 26.0 Å². The Morgan fingerprint density at radius 1 is 1.25 bits per heavy atom. The first-order valence-electron chi connectivity index (χ1n) is 5.93. The molecule has 20 heavy (non-hydrogen) atoms. The lowest BCUT2D eigenvalue weighted by Gasteiger charge is -2.08. The lowest BCUT2D eigenvalue weighted by molar-refractivity contribution is -0.119. The van der Waals surface area contributed by atoms with Crippen LogP contribution in [0.1, 0.15) is 19.8 Å². The maximum atomic E-state index is 11.5. The average Bonchev–Trinajstić information content (AvgIpc) is 2.45. The van der Waals surface area contributed by atoms with Crippen molar-refractivity contribution in [2.24, 2.45) is 0 Å². The van der Waals surface area contributed by atoms with Gasteiger partial charge in [-0.25, -0.2) is 4.79 Å². The lowest BCUT2D eigenvalue weighted by Crippen LogP contribution is -2.24. The maximum Gasteiger partial charge on any atom is 0.510 e. The highest BCUT2D eigenvalue weighted by molar-refractivity contribution is 6.34. The summed E-state index contributed by atoms with van der Waals surface area (Å²) in [7, 11) is 1.11. The van der Waals surface area contributed by atoms with Crippen LogP contribution >= 0.6 is 0 Å². The average molecular weight is 286 g/mol. The normalized spacial score (nSPS) is 10.4. The van der Waals surface area contributed by atoms with Crippen LogP contribution in [0.15, 0.2) is 11.8 Å². The number of ketones is 1. The Labute approximate surface area is 116 Å². The Morgan fingerprint density at radius 2 is 1.95 bits per heavy atom. The Balaban J connectivity index is 4.46. The minimum atomic E-state index is -0.987. The molecular formula is C12H18N2O6. The van der Waals surface area contributed by atoms with Crippen molar-refractivity contribution in [3.63, 3.8) is 0 Å². The molecule has 0 heterocycles. The highest BCUT2D eigenvalue weighted by Crippen LogP contribution is 1.99. The van der Waals surface area contributed by atoms with E-state index in [4.69, 9.17) is 10.1 Å². The minimum absolute atomic E-state index is 0.391. The molecule has 0 radical (unpaired) electrons. The van der Waals surface area contributed by atoms with Crippen LogP contribution in [0.3, 0.4) is 0 Å². The van der Waals surface area contributed by atoms with Crippen LogP contribution in [0.2, 0.25) is 0 Å². The Hall–Kier alpha value is -2.38. The fourth-order valence-electron chi connectivity index (χ4n) is 1.01. The highest BCUT2D eigenvalue weighted by Gasteiger charge is 2.12. The molecule has 0 aliphatic rings. The molecule has 0 bridgehead atoms. The maximum absolute atomic E-state index is 11.5. The smallest absolute Gasteiger partial charge is 0.453 e. The zero-order valence-electron chi connectivity index (χ0n) is 11.4. The third kappa shape index (κ3) is 7.85. The highest BCUT2D eigenvalue weighted by atomic mass is 16.8. The van der Waals surface area contributed by atoms with Gasteiger partial charge in [-0.1, -0.05) is 13.3 Å². The molecule has 0 atom stereocenters. The molecule has 0 rings (SSSR count). The fourth-order valence-corrected chi connectivity index (χ4v) is 1.01. The molecular weight excluding hydrogens is 268 g/mol. The number of Topliss-reactive ketones (excluding diaryl/α,β-unsaturated/α-hetero) is 1. The van der Waals surface area contributed by atoms with E-state index in [0.29, 0.717) is 12.8 Å². The first-order chi connectivity index (χ1) is 9.54. The largest absolute Gasteiger partial charge is 0.510 e. The van der Waals surface area contributed by atoms with Gasteiger partial charge in [-0.3, -0.25) is 9.59 Å². The molecule has 112 valence electrons. The predicted octanol–water partition coefficient (Wildman–Crippen LogP) is 0.762. The van der Waals surface area contributed by atoms with Gasteiger partial charge >= 0.3 is 6.16 Å². The number of ether oxygens (including phenoxy) is 3. The van der Waals surface area contributed by atoms with E-state index < -0.39 is 30.4 Å². The van der Waals surface area contributed by atoms with Crippen LogP contribution in [-0.2, 0) is 23.8 Å². The van der Waals surface area contributed by atoms with E-state index in [-0.39, 0.29) is 0 Å². The monoisotopic (exact) mass is 286 g/mol.